The van der Waals surface area contributed by atoms with Crippen molar-refractivity contribution >= 4 is 27.6 Å². The van der Waals surface area contributed by atoms with Gasteiger partial charge in [0.15, 0.2) is 11.2 Å². The summed E-state index contributed by atoms with van der Waals surface area (Å²) in [4.78, 5) is 14.1. The van der Waals surface area contributed by atoms with E-state index in [2.05, 4.69) is 44.7 Å². The van der Waals surface area contributed by atoms with Crippen LogP contribution in [0.3, 0.4) is 0 Å². The van der Waals surface area contributed by atoms with Crippen LogP contribution in [0, 0.1) is 0 Å². The van der Waals surface area contributed by atoms with Crippen LogP contribution in [-0.2, 0) is 0 Å². The summed E-state index contributed by atoms with van der Waals surface area (Å²) in [7, 11) is 1.55. The smallest absolute Gasteiger partial charge is 0.336 e. The molecule has 0 unspecified atom stereocenters. The lowest BCUT2D eigenvalue weighted by molar-refractivity contribution is 0.403. The summed E-state index contributed by atoms with van der Waals surface area (Å²) in [6.45, 7) is 9.78. The maximum absolute atomic E-state index is 11.9. The normalized spacial score (nSPS) is 10.9. The summed E-state index contributed by atoms with van der Waals surface area (Å²) < 4.78 is 16.7. The van der Waals surface area contributed by atoms with E-state index in [1.54, 1.807) is 19.4 Å². The zero-order chi connectivity index (χ0) is 19.6. The second-order valence-electron chi connectivity index (χ2n) is 7.01. The first-order valence-corrected chi connectivity index (χ1v) is 8.95. The molecular formula is C22H25NO4. The van der Waals surface area contributed by atoms with Crippen molar-refractivity contribution in [2.75, 3.05) is 25.1 Å². The average Bonchev–Trinajstić information content (AvgIpc) is 3.09. The van der Waals surface area contributed by atoms with Gasteiger partial charge in [0.25, 0.3) is 0 Å². The molecular weight excluding hydrogens is 342 g/mol. The standard InChI is InChI=1S/C22H25NO4/c1-14(2)8-11-23(12-9-15(3)4)19-16-6-7-18(24)27-21(16)22(25-5)20-17(19)10-13-26-20/h6-10,13H,11-12H2,1-5H3. The molecule has 27 heavy (non-hydrogen) atoms. The molecule has 0 aliphatic rings. The minimum atomic E-state index is -0.419. The van der Waals surface area contributed by atoms with Crippen LogP contribution in [0.4, 0.5) is 5.69 Å². The molecule has 0 aliphatic heterocycles. The second-order valence-corrected chi connectivity index (χ2v) is 7.01. The Kier molecular flexibility index (Phi) is 5.40. The molecule has 5 nitrogen and oxygen atoms in total. The van der Waals surface area contributed by atoms with Gasteiger partial charge in [0.2, 0.25) is 5.75 Å². The molecule has 0 N–H and O–H groups in total. The summed E-state index contributed by atoms with van der Waals surface area (Å²) in [6.07, 6.45) is 5.99. The number of hydrogen-bond acceptors (Lipinski definition) is 5. The van der Waals surface area contributed by atoms with E-state index in [9.17, 15) is 4.79 Å². The van der Waals surface area contributed by atoms with Crippen LogP contribution in [0.2, 0.25) is 0 Å². The van der Waals surface area contributed by atoms with Gasteiger partial charge in [0.1, 0.15) is 0 Å². The maximum atomic E-state index is 11.9. The molecule has 3 aromatic rings. The van der Waals surface area contributed by atoms with Gasteiger partial charge in [-0.25, -0.2) is 4.79 Å². The fraction of sp³-hybridized carbons (Fsp3) is 0.318. The van der Waals surface area contributed by atoms with Crippen LogP contribution in [0.15, 0.2) is 61.4 Å². The number of furan rings is 1. The van der Waals surface area contributed by atoms with E-state index in [0.717, 1.165) is 29.5 Å². The Bertz CT molecular complexity index is 1060. The van der Waals surface area contributed by atoms with E-state index in [-0.39, 0.29) is 0 Å². The third-order valence-corrected chi connectivity index (χ3v) is 4.38. The number of allylic oxidation sites excluding steroid dienone is 2. The van der Waals surface area contributed by atoms with Gasteiger partial charge < -0.3 is 18.5 Å². The maximum Gasteiger partial charge on any atom is 0.336 e. The van der Waals surface area contributed by atoms with Crippen LogP contribution in [-0.4, -0.2) is 20.2 Å². The third-order valence-electron chi connectivity index (χ3n) is 4.38. The van der Waals surface area contributed by atoms with E-state index in [1.807, 2.05) is 6.07 Å². The van der Waals surface area contributed by atoms with Crippen molar-refractivity contribution in [2.45, 2.75) is 27.7 Å². The molecule has 0 radical (unpaired) electrons. The van der Waals surface area contributed by atoms with Crippen molar-refractivity contribution in [3.05, 3.63) is 58.2 Å². The first-order valence-electron chi connectivity index (χ1n) is 8.95. The highest BCUT2D eigenvalue weighted by Gasteiger charge is 2.22. The number of fused-ring (bicyclic) bond motifs is 2. The molecule has 0 bridgehead atoms. The van der Waals surface area contributed by atoms with E-state index in [1.165, 1.54) is 17.2 Å². The molecule has 2 aromatic heterocycles. The summed E-state index contributed by atoms with van der Waals surface area (Å²) in [5.74, 6) is 0.441. The minimum absolute atomic E-state index is 0.404. The van der Waals surface area contributed by atoms with E-state index >= 15 is 0 Å². The Morgan fingerprint density at radius 3 is 2.22 bits per heavy atom. The van der Waals surface area contributed by atoms with Crippen molar-refractivity contribution < 1.29 is 13.6 Å². The van der Waals surface area contributed by atoms with Crippen molar-refractivity contribution in [3.63, 3.8) is 0 Å². The molecule has 1 aromatic carbocycles. The zero-order valence-electron chi connectivity index (χ0n) is 16.5. The van der Waals surface area contributed by atoms with Crippen molar-refractivity contribution in [2.24, 2.45) is 0 Å². The number of benzene rings is 1. The monoisotopic (exact) mass is 367 g/mol. The van der Waals surface area contributed by atoms with Gasteiger partial charge >= 0.3 is 5.63 Å². The van der Waals surface area contributed by atoms with Crippen molar-refractivity contribution in [3.8, 4) is 5.75 Å². The van der Waals surface area contributed by atoms with E-state index < -0.39 is 5.63 Å². The average molecular weight is 367 g/mol. The lowest BCUT2D eigenvalue weighted by Crippen LogP contribution is -2.24. The Morgan fingerprint density at radius 2 is 1.63 bits per heavy atom. The zero-order valence-corrected chi connectivity index (χ0v) is 16.5. The molecule has 0 amide bonds. The number of methoxy groups -OCH3 is 1. The predicted molar refractivity (Wildman–Crippen MR) is 110 cm³/mol. The first kappa shape index (κ1) is 18.8. The minimum Gasteiger partial charge on any atom is -0.490 e. The molecule has 0 atom stereocenters. The fourth-order valence-corrected chi connectivity index (χ4v) is 3.06. The Labute approximate surface area is 158 Å². The molecule has 2 heterocycles. The lowest BCUT2D eigenvalue weighted by Gasteiger charge is -2.25. The number of anilines is 1. The van der Waals surface area contributed by atoms with E-state index in [0.29, 0.717) is 16.9 Å². The summed E-state index contributed by atoms with van der Waals surface area (Å²) >= 11 is 0. The lowest BCUT2D eigenvalue weighted by atomic mass is 10.1. The Balaban J connectivity index is 2.34. The summed E-state index contributed by atoms with van der Waals surface area (Å²) in [6, 6.07) is 5.16. The molecule has 0 saturated carbocycles. The topological polar surface area (TPSA) is 55.8 Å². The van der Waals surface area contributed by atoms with Gasteiger partial charge in [-0.1, -0.05) is 23.3 Å². The molecule has 0 fully saturated rings. The molecule has 142 valence electrons. The highest BCUT2D eigenvalue weighted by atomic mass is 16.5. The van der Waals surface area contributed by atoms with Crippen LogP contribution in [0.1, 0.15) is 27.7 Å². The quantitative estimate of drug-likeness (QED) is 0.438. The molecule has 5 heteroatoms. The Morgan fingerprint density at radius 1 is 1.00 bits per heavy atom. The largest absolute Gasteiger partial charge is 0.490 e. The number of rotatable bonds is 6. The molecule has 3 rings (SSSR count). The Hall–Kier alpha value is -2.95. The first-order chi connectivity index (χ1) is 12.9. The third kappa shape index (κ3) is 3.77. The van der Waals surface area contributed by atoms with Gasteiger partial charge in [-0.05, 0) is 39.8 Å². The van der Waals surface area contributed by atoms with Gasteiger partial charge in [-0.2, -0.15) is 0 Å². The fourth-order valence-electron chi connectivity index (χ4n) is 3.06. The van der Waals surface area contributed by atoms with Gasteiger partial charge in [0, 0.05) is 29.9 Å². The van der Waals surface area contributed by atoms with E-state index in [4.69, 9.17) is 13.6 Å². The summed E-state index contributed by atoms with van der Waals surface area (Å²) in [5, 5.41) is 1.75. The number of nitrogens with zero attached hydrogens (tertiary/aromatic N) is 1. The highest BCUT2D eigenvalue weighted by molar-refractivity contribution is 6.12. The summed E-state index contributed by atoms with van der Waals surface area (Å²) in [5.41, 5.74) is 4.01. The van der Waals surface area contributed by atoms with Gasteiger partial charge in [-0.3, -0.25) is 0 Å². The van der Waals surface area contributed by atoms with Crippen LogP contribution in [0.25, 0.3) is 21.9 Å². The molecule has 0 aliphatic carbocycles. The van der Waals surface area contributed by atoms with Crippen LogP contribution < -0.4 is 15.3 Å². The van der Waals surface area contributed by atoms with Gasteiger partial charge in [-0.15, -0.1) is 0 Å². The van der Waals surface area contributed by atoms with Gasteiger partial charge in [0.05, 0.1) is 19.1 Å². The van der Waals surface area contributed by atoms with Crippen LogP contribution in [0.5, 0.6) is 5.75 Å². The second kappa shape index (κ2) is 7.74. The number of ether oxygens (including phenoxy) is 1. The van der Waals surface area contributed by atoms with Crippen molar-refractivity contribution in [1.82, 2.24) is 0 Å². The molecule has 0 spiro atoms. The SMILES string of the molecule is COc1c2occc2c(N(CC=C(C)C)CC=C(C)C)c2ccc(=O)oc12. The highest BCUT2D eigenvalue weighted by Crippen LogP contribution is 2.43. The predicted octanol–water partition coefficient (Wildman–Crippen LogP) is 5.29. The van der Waals surface area contributed by atoms with Crippen molar-refractivity contribution in [1.29, 1.82) is 0 Å². The van der Waals surface area contributed by atoms with Crippen LogP contribution >= 0.6 is 0 Å². The molecule has 0 saturated heterocycles. The number of hydrogen-bond donors (Lipinski definition) is 0.